The number of hydrogen-bond acceptors (Lipinski definition) is 3. The zero-order chi connectivity index (χ0) is 21.7. The van der Waals surface area contributed by atoms with Crippen LogP contribution in [0.25, 0.3) is 11.1 Å². The Balaban J connectivity index is 1.62. The highest BCUT2D eigenvalue weighted by atomic mass is 31.0. The molecule has 3 aromatic rings. The number of amides is 2. The Kier molecular flexibility index (Phi) is 6.63. The Labute approximate surface area is 176 Å². The summed E-state index contributed by atoms with van der Waals surface area (Å²) in [7, 11) is 3.08. The first-order chi connectivity index (χ1) is 14.3. The smallest absolute Gasteiger partial charge is 0.319 e. The van der Waals surface area contributed by atoms with Crippen LogP contribution in [0.4, 0.5) is 19.3 Å². The van der Waals surface area contributed by atoms with Crippen molar-refractivity contribution in [3.05, 3.63) is 77.5 Å². The second-order valence-corrected chi connectivity index (χ2v) is 7.44. The molecule has 8 heteroatoms. The maximum Gasteiger partial charge on any atom is 0.319 e. The highest BCUT2D eigenvalue weighted by molar-refractivity contribution is 7.17. The maximum absolute atomic E-state index is 13.6. The molecule has 0 saturated heterocycles. The van der Waals surface area contributed by atoms with Crippen molar-refractivity contribution >= 4 is 21.0 Å². The van der Waals surface area contributed by atoms with Gasteiger partial charge >= 0.3 is 6.03 Å². The monoisotopic (exact) mass is 429 g/mol. The molecule has 0 radical (unpaired) electrons. The lowest BCUT2D eigenvalue weighted by molar-refractivity contribution is 0.103. The lowest BCUT2D eigenvalue weighted by Gasteiger charge is -2.15. The molecule has 1 atom stereocenters. The molecule has 1 heterocycles. The molecule has 0 aliphatic rings. The molecule has 1 aromatic heterocycles. The molecule has 2 aromatic carbocycles. The minimum absolute atomic E-state index is 0.147. The van der Waals surface area contributed by atoms with E-state index >= 15 is 0 Å². The summed E-state index contributed by atoms with van der Waals surface area (Å²) in [5.74, 6) is 0.538. The second kappa shape index (κ2) is 9.18. The van der Waals surface area contributed by atoms with Crippen LogP contribution >= 0.6 is 9.24 Å². The van der Waals surface area contributed by atoms with Gasteiger partial charge in [-0.1, -0.05) is 39.6 Å². The fraction of sp³-hybridized carbons (Fsp3) is 0.182. The first kappa shape index (κ1) is 21.7. The average molecular weight is 429 g/mol. The van der Waals surface area contributed by atoms with Crippen LogP contribution in [0, 0.1) is 6.92 Å². The number of alkyl halides is 2. The molecule has 30 heavy (non-hydrogen) atoms. The van der Waals surface area contributed by atoms with Gasteiger partial charge in [0.2, 0.25) is 5.88 Å². The average Bonchev–Trinajstić information content (AvgIpc) is 2.73. The van der Waals surface area contributed by atoms with Gasteiger partial charge in [-0.25, -0.2) is 9.78 Å². The van der Waals surface area contributed by atoms with Crippen LogP contribution in [0.15, 0.2) is 60.8 Å². The van der Waals surface area contributed by atoms with Crippen LogP contribution < -0.4 is 15.4 Å². The number of hydrogen-bond donors (Lipinski definition) is 2. The minimum Gasteiger partial charge on any atom is -0.481 e. The molecular weight excluding hydrogens is 407 g/mol. The molecule has 2 amide bonds. The van der Waals surface area contributed by atoms with E-state index in [1.807, 2.05) is 36.4 Å². The molecule has 0 saturated carbocycles. The van der Waals surface area contributed by atoms with Crippen molar-refractivity contribution in [2.75, 3.05) is 12.4 Å². The van der Waals surface area contributed by atoms with Gasteiger partial charge in [0.15, 0.2) is 0 Å². The number of carbonyl (C=O) groups is 1. The number of halogens is 2. The number of benzene rings is 2. The third-order valence-electron chi connectivity index (χ3n) is 4.54. The summed E-state index contributed by atoms with van der Waals surface area (Å²) in [5, 5.41) is 5.31. The first-order valence-corrected chi connectivity index (χ1v) is 9.76. The normalized spacial score (nSPS) is 11.1. The van der Waals surface area contributed by atoms with Gasteiger partial charge < -0.3 is 15.4 Å². The summed E-state index contributed by atoms with van der Waals surface area (Å²) in [6.07, 6.45) is 1.66. The number of aryl methyl sites for hydroxylation is 1. The Morgan fingerprint density at radius 1 is 1.17 bits per heavy atom. The standard InChI is InChI=1S/C22H22F2N3O2P/c1-14-5-10-17(12-19(14)22(23,24)30)27-21(28)26-13-15-6-8-16(9-7-15)18-4-3-11-25-20(18)29-2/h3-12H,13,30H2,1-2H3,(H2,26,27,28). The molecule has 2 N–H and O–H groups in total. The van der Waals surface area contributed by atoms with Gasteiger partial charge in [-0.05, 0) is 47.9 Å². The van der Waals surface area contributed by atoms with Crippen LogP contribution in [0.5, 0.6) is 5.88 Å². The molecule has 0 bridgehead atoms. The van der Waals surface area contributed by atoms with Crippen LogP contribution in [-0.4, -0.2) is 18.1 Å². The van der Waals surface area contributed by atoms with Crippen molar-refractivity contribution < 1.29 is 18.3 Å². The van der Waals surface area contributed by atoms with Crippen molar-refractivity contribution in [3.63, 3.8) is 0 Å². The van der Waals surface area contributed by atoms with Crippen LogP contribution in [0.2, 0.25) is 0 Å². The summed E-state index contributed by atoms with van der Waals surface area (Å²) >= 11 is 0. The molecule has 0 aliphatic carbocycles. The van der Waals surface area contributed by atoms with Crippen LogP contribution in [-0.2, 0) is 12.2 Å². The van der Waals surface area contributed by atoms with E-state index in [4.69, 9.17) is 4.74 Å². The lowest BCUT2D eigenvalue weighted by Crippen LogP contribution is -2.28. The van der Waals surface area contributed by atoms with E-state index < -0.39 is 11.7 Å². The maximum atomic E-state index is 13.6. The topological polar surface area (TPSA) is 63.2 Å². The molecule has 0 fully saturated rings. The second-order valence-electron chi connectivity index (χ2n) is 6.72. The number of nitrogens with zero attached hydrogens (tertiary/aromatic N) is 1. The molecule has 1 unspecified atom stereocenters. The minimum atomic E-state index is -3.06. The van der Waals surface area contributed by atoms with E-state index in [1.54, 1.807) is 32.4 Å². The number of pyridine rings is 1. The Hall–Kier alpha value is -3.05. The first-order valence-electron chi connectivity index (χ1n) is 9.19. The Bertz CT molecular complexity index is 1040. The van der Waals surface area contributed by atoms with Crippen molar-refractivity contribution in [1.82, 2.24) is 10.3 Å². The third-order valence-corrected chi connectivity index (χ3v) is 4.85. The van der Waals surface area contributed by atoms with E-state index in [0.717, 1.165) is 16.7 Å². The Morgan fingerprint density at radius 2 is 1.90 bits per heavy atom. The van der Waals surface area contributed by atoms with Crippen LogP contribution in [0.3, 0.4) is 0 Å². The van der Waals surface area contributed by atoms with Crippen molar-refractivity contribution in [3.8, 4) is 17.0 Å². The number of rotatable bonds is 6. The van der Waals surface area contributed by atoms with E-state index in [1.165, 1.54) is 15.3 Å². The molecule has 3 rings (SSSR count). The number of aromatic nitrogens is 1. The van der Waals surface area contributed by atoms with Gasteiger partial charge in [0, 0.05) is 29.6 Å². The summed E-state index contributed by atoms with van der Waals surface area (Å²) in [6.45, 7) is 1.89. The molecule has 156 valence electrons. The van der Waals surface area contributed by atoms with Gasteiger partial charge in [-0.2, -0.15) is 8.78 Å². The summed E-state index contributed by atoms with van der Waals surface area (Å²) in [4.78, 5) is 16.4. The van der Waals surface area contributed by atoms with E-state index in [-0.39, 0.29) is 12.1 Å². The number of carbonyl (C=O) groups excluding carboxylic acids is 1. The van der Waals surface area contributed by atoms with Gasteiger partial charge in [-0.15, -0.1) is 0 Å². The molecule has 0 spiro atoms. The Morgan fingerprint density at radius 3 is 2.57 bits per heavy atom. The van der Waals surface area contributed by atoms with E-state index in [2.05, 4.69) is 15.6 Å². The van der Waals surface area contributed by atoms with E-state index in [9.17, 15) is 13.6 Å². The summed E-state index contributed by atoms with van der Waals surface area (Å²) in [6, 6.07) is 15.3. The largest absolute Gasteiger partial charge is 0.481 e. The fourth-order valence-corrected chi connectivity index (χ4v) is 3.30. The van der Waals surface area contributed by atoms with Gasteiger partial charge in [0.25, 0.3) is 5.66 Å². The zero-order valence-corrected chi connectivity index (χ0v) is 17.7. The number of urea groups is 1. The predicted octanol–water partition coefficient (Wildman–Crippen LogP) is 5.31. The quantitative estimate of drug-likeness (QED) is 0.522. The molecule has 0 aliphatic heterocycles. The van der Waals surface area contributed by atoms with Gasteiger partial charge in [0.1, 0.15) is 0 Å². The number of ether oxygens (including phenoxy) is 1. The summed E-state index contributed by atoms with van der Waals surface area (Å²) < 4.78 is 32.5. The number of anilines is 1. The van der Waals surface area contributed by atoms with Gasteiger partial charge in [-0.3, -0.25) is 0 Å². The van der Waals surface area contributed by atoms with Crippen molar-refractivity contribution in [2.24, 2.45) is 0 Å². The third kappa shape index (κ3) is 5.30. The fourth-order valence-electron chi connectivity index (χ4n) is 2.99. The predicted molar refractivity (Wildman–Crippen MR) is 117 cm³/mol. The zero-order valence-electron chi connectivity index (χ0n) is 16.6. The molecule has 5 nitrogen and oxygen atoms in total. The summed E-state index contributed by atoms with van der Waals surface area (Å²) in [5.41, 5.74) is 0.249. The number of nitrogens with one attached hydrogen (secondary N) is 2. The highest BCUT2D eigenvalue weighted by Gasteiger charge is 2.26. The highest BCUT2D eigenvalue weighted by Crippen LogP contribution is 2.37. The van der Waals surface area contributed by atoms with Gasteiger partial charge in [0.05, 0.1) is 7.11 Å². The molecular formula is C22H22F2N3O2P. The lowest BCUT2D eigenvalue weighted by atomic mass is 10.1. The van der Waals surface area contributed by atoms with Crippen molar-refractivity contribution in [1.29, 1.82) is 0 Å². The van der Waals surface area contributed by atoms with Crippen molar-refractivity contribution in [2.45, 2.75) is 19.1 Å². The SMILES string of the molecule is COc1ncccc1-c1ccc(CNC(=O)Nc2ccc(C)c(C(F)(F)P)c2)cc1. The van der Waals surface area contributed by atoms with E-state index in [0.29, 0.717) is 17.1 Å². The number of methoxy groups -OCH3 is 1. The van der Waals surface area contributed by atoms with Crippen LogP contribution in [0.1, 0.15) is 16.7 Å².